The molecule has 0 amide bonds. The third kappa shape index (κ3) is 2.09. The zero-order valence-corrected chi connectivity index (χ0v) is 10.9. The third-order valence-electron chi connectivity index (χ3n) is 3.11. The van der Waals surface area contributed by atoms with Crippen LogP contribution in [0.5, 0.6) is 0 Å². The lowest BCUT2D eigenvalue weighted by Gasteiger charge is -2.03. The number of anilines is 1. The minimum Gasteiger partial charge on any atom is -0.405 e. The normalized spacial score (nSPS) is 10.9. The van der Waals surface area contributed by atoms with Crippen molar-refractivity contribution in [2.24, 2.45) is 5.73 Å². The van der Waals surface area contributed by atoms with Crippen molar-refractivity contribution >= 4 is 22.7 Å². The van der Waals surface area contributed by atoms with Crippen LogP contribution in [0.2, 0.25) is 0 Å². The van der Waals surface area contributed by atoms with Crippen molar-refractivity contribution in [3.05, 3.63) is 58.3 Å². The summed E-state index contributed by atoms with van der Waals surface area (Å²) in [5.41, 5.74) is 12.9. The second kappa shape index (κ2) is 4.88. The standard InChI is InChI=1S/C14H12N4O3/c15-7-9-6-8(4-5-17-9)13(19)18-11-3-1-2-10(16)12(11)21-14(18)20/h1-6H,7,15-16H2. The molecule has 106 valence electrons. The Morgan fingerprint density at radius 1 is 1.33 bits per heavy atom. The summed E-state index contributed by atoms with van der Waals surface area (Å²) in [4.78, 5) is 28.5. The number of fused-ring (bicyclic) bond motifs is 1. The molecule has 7 nitrogen and oxygen atoms in total. The zero-order valence-electron chi connectivity index (χ0n) is 10.9. The van der Waals surface area contributed by atoms with Crippen LogP contribution < -0.4 is 17.2 Å². The van der Waals surface area contributed by atoms with Gasteiger partial charge >= 0.3 is 5.76 Å². The summed E-state index contributed by atoms with van der Waals surface area (Å²) in [6.07, 6.45) is 1.47. The van der Waals surface area contributed by atoms with Gasteiger partial charge in [-0.3, -0.25) is 9.78 Å². The van der Waals surface area contributed by atoms with Gasteiger partial charge in [-0.1, -0.05) is 6.07 Å². The average molecular weight is 284 g/mol. The van der Waals surface area contributed by atoms with Crippen molar-refractivity contribution in [2.45, 2.75) is 6.54 Å². The van der Waals surface area contributed by atoms with E-state index in [2.05, 4.69) is 4.98 Å². The summed E-state index contributed by atoms with van der Waals surface area (Å²) in [7, 11) is 0. The van der Waals surface area contributed by atoms with Crippen molar-refractivity contribution in [2.75, 3.05) is 5.73 Å². The second-order valence-electron chi connectivity index (χ2n) is 4.44. The highest BCUT2D eigenvalue weighted by Crippen LogP contribution is 2.20. The molecule has 0 aliphatic carbocycles. The number of hydrogen-bond acceptors (Lipinski definition) is 6. The molecule has 0 spiro atoms. The van der Waals surface area contributed by atoms with Crippen LogP contribution in [-0.2, 0) is 6.54 Å². The molecule has 0 unspecified atom stereocenters. The Balaban J connectivity index is 2.20. The molecule has 2 aromatic heterocycles. The molecular formula is C14H12N4O3. The molecule has 0 saturated heterocycles. The number of oxazole rings is 1. The maximum atomic E-state index is 12.5. The number of nitrogens with two attached hydrogens (primary N) is 2. The number of nitrogens with zero attached hydrogens (tertiary/aromatic N) is 2. The molecule has 1 aromatic carbocycles. The summed E-state index contributed by atoms with van der Waals surface area (Å²) in [5, 5.41) is 0. The van der Waals surface area contributed by atoms with Gasteiger partial charge in [-0.25, -0.2) is 9.36 Å². The van der Waals surface area contributed by atoms with Gasteiger partial charge in [0, 0.05) is 18.3 Å². The number of nitrogen functional groups attached to an aromatic ring is 1. The van der Waals surface area contributed by atoms with Gasteiger partial charge in [0.25, 0.3) is 5.91 Å². The molecular weight excluding hydrogens is 272 g/mol. The van der Waals surface area contributed by atoms with Crippen molar-refractivity contribution in [3.8, 4) is 0 Å². The quantitative estimate of drug-likeness (QED) is 0.669. The summed E-state index contributed by atoms with van der Waals surface area (Å²) in [5.74, 6) is -1.29. The second-order valence-corrected chi connectivity index (χ2v) is 4.44. The molecule has 0 radical (unpaired) electrons. The smallest absolute Gasteiger partial charge is 0.405 e. The van der Waals surface area contributed by atoms with Gasteiger partial charge in [0.2, 0.25) is 0 Å². The monoisotopic (exact) mass is 284 g/mol. The maximum Gasteiger partial charge on any atom is 0.427 e. The van der Waals surface area contributed by atoms with Crippen LogP contribution in [0.4, 0.5) is 5.69 Å². The lowest BCUT2D eigenvalue weighted by atomic mass is 10.2. The van der Waals surface area contributed by atoms with Gasteiger partial charge in [0.15, 0.2) is 5.58 Å². The first-order valence-electron chi connectivity index (χ1n) is 6.21. The highest BCUT2D eigenvalue weighted by Gasteiger charge is 2.19. The van der Waals surface area contributed by atoms with Crippen LogP contribution in [0.15, 0.2) is 45.7 Å². The fraction of sp³-hybridized carbons (Fsp3) is 0.0714. The topological polar surface area (TPSA) is 117 Å². The van der Waals surface area contributed by atoms with Gasteiger partial charge in [0.1, 0.15) is 5.52 Å². The van der Waals surface area contributed by atoms with E-state index in [1.54, 1.807) is 24.3 Å². The lowest BCUT2D eigenvalue weighted by molar-refractivity contribution is 0.0956. The lowest BCUT2D eigenvalue weighted by Crippen LogP contribution is -2.23. The molecule has 7 heteroatoms. The van der Waals surface area contributed by atoms with E-state index in [9.17, 15) is 9.59 Å². The number of aromatic nitrogens is 2. The van der Waals surface area contributed by atoms with E-state index in [0.29, 0.717) is 22.5 Å². The molecule has 0 aliphatic heterocycles. The molecule has 3 aromatic rings. The Labute approximate surface area is 118 Å². The van der Waals surface area contributed by atoms with E-state index in [-0.39, 0.29) is 12.1 Å². The Hall–Kier alpha value is -2.93. The minimum atomic E-state index is -0.779. The van der Waals surface area contributed by atoms with E-state index in [4.69, 9.17) is 15.9 Å². The number of carbonyl (C=O) groups excluding carboxylic acids is 1. The Morgan fingerprint density at radius 2 is 2.14 bits per heavy atom. The molecule has 4 N–H and O–H groups in total. The number of carbonyl (C=O) groups is 1. The first kappa shape index (κ1) is 13.1. The van der Waals surface area contributed by atoms with Gasteiger partial charge in [-0.15, -0.1) is 0 Å². The van der Waals surface area contributed by atoms with E-state index in [1.807, 2.05) is 0 Å². The minimum absolute atomic E-state index is 0.198. The van der Waals surface area contributed by atoms with Crippen LogP contribution in [0.3, 0.4) is 0 Å². The van der Waals surface area contributed by atoms with Crippen molar-refractivity contribution < 1.29 is 9.21 Å². The fourth-order valence-corrected chi connectivity index (χ4v) is 2.11. The van der Waals surface area contributed by atoms with E-state index in [0.717, 1.165) is 4.57 Å². The first-order valence-corrected chi connectivity index (χ1v) is 6.21. The zero-order chi connectivity index (χ0) is 15.0. The van der Waals surface area contributed by atoms with Crippen LogP contribution in [0.25, 0.3) is 11.1 Å². The maximum absolute atomic E-state index is 12.5. The molecule has 0 atom stereocenters. The predicted octanol–water partition coefficient (Wildman–Crippen LogP) is 0.719. The molecule has 2 heterocycles. The molecule has 21 heavy (non-hydrogen) atoms. The summed E-state index contributed by atoms with van der Waals surface area (Å²) in [6.45, 7) is 0.203. The number of rotatable bonds is 2. The average Bonchev–Trinajstić information content (AvgIpc) is 2.84. The highest BCUT2D eigenvalue weighted by atomic mass is 16.4. The SMILES string of the molecule is NCc1cc(C(=O)n2c(=O)oc3c(N)cccc32)ccn1. The van der Waals surface area contributed by atoms with Crippen molar-refractivity contribution in [1.82, 2.24) is 9.55 Å². The summed E-state index contributed by atoms with van der Waals surface area (Å²) in [6, 6.07) is 7.89. The number of para-hydroxylation sites is 1. The third-order valence-corrected chi connectivity index (χ3v) is 3.11. The van der Waals surface area contributed by atoms with Crippen molar-refractivity contribution in [3.63, 3.8) is 0 Å². The summed E-state index contributed by atoms with van der Waals surface area (Å²) >= 11 is 0. The van der Waals surface area contributed by atoms with E-state index < -0.39 is 11.7 Å². The molecule has 3 rings (SSSR count). The molecule has 0 fully saturated rings. The van der Waals surface area contributed by atoms with Gasteiger partial charge in [-0.2, -0.15) is 0 Å². The summed E-state index contributed by atoms with van der Waals surface area (Å²) < 4.78 is 6.00. The first-order chi connectivity index (χ1) is 10.1. The largest absolute Gasteiger partial charge is 0.427 e. The predicted molar refractivity (Wildman–Crippen MR) is 76.7 cm³/mol. The van der Waals surface area contributed by atoms with E-state index in [1.165, 1.54) is 12.3 Å². The van der Waals surface area contributed by atoms with Gasteiger partial charge < -0.3 is 15.9 Å². The Bertz CT molecular complexity index is 895. The molecule has 0 aliphatic rings. The van der Waals surface area contributed by atoms with Crippen LogP contribution >= 0.6 is 0 Å². The fourth-order valence-electron chi connectivity index (χ4n) is 2.11. The van der Waals surface area contributed by atoms with Crippen LogP contribution in [0.1, 0.15) is 16.1 Å². The number of hydrogen-bond donors (Lipinski definition) is 2. The molecule has 0 bridgehead atoms. The van der Waals surface area contributed by atoms with Crippen LogP contribution in [-0.4, -0.2) is 15.5 Å². The molecule has 0 saturated carbocycles. The highest BCUT2D eigenvalue weighted by molar-refractivity contribution is 6.02. The van der Waals surface area contributed by atoms with E-state index >= 15 is 0 Å². The number of benzene rings is 1. The van der Waals surface area contributed by atoms with Gasteiger partial charge in [0.05, 0.1) is 11.4 Å². The Kier molecular flexibility index (Phi) is 3.03. The Morgan fingerprint density at radius 3 is 2.90 bits per heavy atom. The van der Waals surface area contributed by atoms with Crippen LogP contribution in [0, 0.1) is 0 Å². The van der Waals surface area contributed by atoms with Gasteiger partial charge in [-0.05, 0) is 24.3 Å². The number of pyridine rings is 1. The van der Waals surface area contributed by atoms with Crippen molar-refractivity contribution in [1.29, 1.82) is 0 Å².